The molecule has 120 valence electrons. The lowest BCUT2D eigenvalue weighted by atomic mass is 9.82. The van der Waals surface area contributed by atoms with Crippen molar-refractivity contribution in [3.05, 3.63) is 0 Å². The van der Waals surface area contributed by atoms with Crippen LogP contribution in [0, 0.1) is 17.8 Å². The molecule has 0 spiro atoms. The fraction of sp³-hybridized carbons (Fsp3) is 0.875. The number of carboxylic acids is 1. The van der Waals surface area contributed by atoms with Crippen LogP contribution in [-0.2, 0) is 14.3 Å². The average molecular weight is 298 g/mol. The molecule has 1 unspecified atom stereocenters. The van der Waals surface area contributed by atoms with Crippen molar-refractivity contribution in [2.45, 2.75) is 63.9 Å². The molecule has 0 bridgehead atoms. The normalized spacial score (nSPS) is 28.8. The first-order valence-corrected chi connectivity index (χ1v) is 8.16. The second-order valence-electron chi connectivity index (χ2n) is 6.44. The fourth-order valence-corrected chi connectivity index (χ4v) is 3.61. The summed E-state index contributed by atoms with van der Waals surface area (Å²) < 4.78 is 5.54. The van der Waals surface area contributed by atoms with Crippen LogP contribution < -0.4 is 0 Å². The van der Waals surface area contributed by atoms with Gasteiger partial charge in [-0.2, -0.15) is 0 Å². The van der Waals surface area contributed by atoms with E-state index in [1.165, 1.54) is 6.42 Å². The van der Waals surface area contributed by atoms with Crippen molar-refractivity contribution in [3.8, 4) is 0 Å². The molecule has 0 aromatic heterocycles. The first kappa shape index (κ1) is 16.3. The zero-order chi connectivity index (χ0) is 15.2. The van der Waals surface area contributed by atoms with Gasteiger partial charge in [0.2, 0.25) is 0 Å². The van der Waals surface area contributed by atoms with Crippen molar-refractivity contribution in [3.63, 3.8) is 0 Å². The molecule has 0 saturated heterocycles. The summed E-state index contributed by atoms with van der Waals surface area (Å²) in [6.07, 6.45) is 7.42. The Kier molecular flexibility index (Phi) is 6.03. The van der Waals surface area contributed by atoms with Crippen molar-refractivity contribution in [1.29, 1.82) is 0 Å². The van der Waals surface area contributed by atoms with E-state index in [0.29, 0.717) is 25.7 Å². The minimum Gasteiger partial charge on any atom is -0.481 e. The van der Waals surface area contributed by atoms with Crippen molar-refractivity contribution in [2.75, 3.05) is 6.61 Å². The van der Waals surface area contributed by atoms with E-state index in [4.69, 9.17) is 9.84 Å². The first-order valence-electron chi connectivity index (χ1n) is 8.16. The van der Waals surface area contributed by atoms with E-state index in [9.17, 15) is 14.7 Å². The number of carbonyl (C=O) groups excluding carboxylic acids is 1. The lowest BCUT2D eigenvalue weighted by Gasteiger charge is -2.31. The SMILES string of the molecule is O=C(O)C1CCC(C(=O)OC(CO)C2CCCCC2)CC1. The summed E-state index contributed by atoms with van der Waals surface area (Å²) in [5.74, 6) is -1.25. The van der Waals surface area contributed by atoms with Crippen LogP contribution in [0.3, 0.4) is 0 Å². The minimum atomic E-state index is -0.766. The van der Waals surface area contributed by atoms with Gasteiger partial charge in [-0.3, -0.25) is 9.59 Å². The number of carbonyl (C=O) groups is 2. The quantitative estimate of drug-likeness (QED) is 0.761. The molecule has 5 heteroatoms. The molecule has 0 heterocycles. The molecule has 2 saturated carbocycles. The summed E-state index contributed by atoms with van der Waals surface area (Å²) in [5.41, 5.74) is 0. The molecule has 0 aromatic carbocycles. The highest BCUT2D eigenvalue weighted by Crippen LogP contribution is 2.32. The highest BCUT2D eigenvalue weighted by molar-refractivity contribution is 5.74. The summed E-state index contributed by atoms with van der Waals surface area (Å²) >= 11 is 0. The van der Waals surface area contributed by atoms with Crippen LogP contribution in [0.1, 0.15) is 57.8 Å². The number of hydrogen-bond donors (Lipinski definition) is 2. The molecular formula is C16H26O5. The molecular weight excluding hydrogens is 272 g/mol. The van der Waals surface area contributed by atoms with Crippen LogP contribution in [0.4, 0.5) is 0 Å². The lowest BCUT2D eigenvalue weighted by Crippen LogP contribution is -2.35. The summed E-state index contributed by atoms with van der Waals surface area (Å²) in [6.45, 7) is -0.110. The molecule has 0 aromatic rings. The van der Waals surface area contributed by atoms with Crippen LogP contribution in [0.5, 0.6) is 0 Å². The van der Waals surface area contributed by atoms with Crippen LogP contribution in [0.25, 0.3) is 0 Å². The Labute approximate surface area is 125 Å². The van der Waals surface area contributed by atoms with Crippen LogP contribution in [0.15, 0.2) is 0 Å². The van der Waals surface area contributed by atoms with Crippen molar-refractivity contribution in [2.24, 2.45) is 17.8 Å². The number of rotatable bonds is 5. The number of esters is 1. The predicted octanol–water partition coefficient (Wildman–Crippen LogP) is 2.36. The number of hydrogen-bond acceptors (Lipinski definition) is 4. The molecule has 0 amide bonds. The summed E-state index contributed by atoms with van der Waals surface area (Å²) in [7, 11) is 0. The van der Waals surface area contributed by atoms with E-state index in [1.807, 2.05) is 0 Å². The number of aliphatic carboxylic acids is 1. The van der Waals surface area contributed by atoms with Crippen molar-refractivity contribution >= 4 is 11.9 Å². The molecule has 0 radical (unpaired) electrons. The third-order valence-electron chi connectivity index (χ3n) is 5.03. The Balaban J connectivity index is 1.81. The summed E-state index contributed by atoms with van der Waals surface area (Å²) in [4.78, 5) is 23.1. The summed E-state index contributed by atoms with van der Waals surface area (Å²) in [6, 6.07) is 0. The third kappa shape index (κ3) is 4.43. The van der Waals surface area contributed by atoms with Gasteiger partial charge in [-0.05, 0) is 44.4 Å². The molecule has 2 rings (SSSR count). The third-order valence-corrected chi connectivity index (χ3v) is 5.03. The molecule has 2 aliphatic carbocycles. The Hall–Kier alpha value is -1.10. The molecule has 21 heavy (non-hydrogen) atoms. The topological polar surface area (TPSA) is 83.8 Å². The maximum atomic E-state index is 12.2. The maximum Gasteiger partial charge on any atom is 0.309 e. The Bertz CT molecular complexity index is 354. The van der Waals surface area contributed by atoms with Gasteiger partial charge in [0.15, 0.2) is 0 Å². The minimum absolute atomic E-state index is 0.110. The Morgan fingerprint density at radius 3 is 2.05 bits per heavy atom. The van der Waals surface area contributed by atoms with Gasteiger partial charge in [0, 0.05) is 0 Å². The van der Waals surface area contributed by atoms with Crippen molar-refractivity contribution in [1.82, 2.24) is 0 Å². The van der Waals surface area contributed by atoms with E-state index in [1.54, 1.807) is 0 Å². The highest BCUT2D eigenvalue weighted by Gasteiger charge is 2.33. The molecule has 2 fully saturated rings. The van der Waals surface area contributed by atoms with Crippen LogP contribution >= 0.6 is 0 Å². The van der Waals surface area contributed by atoms with Gasteiger partial charge in [0.1, 0.15) is 6.10 Å². The lowest BCUT2D eigenvalue weighted by molar-refractivity contribution is -0.163. The maximum absolute atomic E-state index is 12.2. The molecule has 1 atom stereocenters. The summed E-state index contributed by atoms with van der Waals surface area (Å²) in [5, 5.41) is 18.5. The zero-order valence-corrected chi connectivity index (χ0v) is 12.5. The van der Waals surface area contributed by atoms with Gasteiger partial charge in [-0.25, -0.2) is 0 Å². The van der Waals surface area contributed by atoms with Crippen LogP contribution in [-0.4, -0.2) is 34.9 Å². The van der Waals surface area contributed by atoms with Gasteiger partial charge in [-0.1, -0.05) is 19.3 Å². The standard InChI is InChI=1S/C16H26O5/c17-10-14(11-4-2-1-3-5-11)21-16(20)13-8-6-12(7-9-13)15(18)19/h11-14,17H,1-10H2,(H,18,19). The van der Waals surface area contributed by atoms with Crippen molar-refractivity contribution < 1.29 is 24.5 Å². The molecule has 5 nitrogen and oxygen atoms in total. The largest absolute Gasteiger partial charge is 0.481 e. The molecule has 2 N–H and O–H groups in total. The van der Waals surface area contributed by atoms with E-state index < -0.39 is 5.97 Å². The Morgan fingerprint density at radius 1 is 0.952 bits per heavy atom. The fourth-order valence-electron chi connectivity index (χ4n) is 3.61. The molecule has 2 aliphatic rings. The Morgan fingerprint density at radius 2 is 1.52 bits per heavy atom. The number of ether oxygens (including phenoxy) is 1. The average Bonchev–Trinajstić information content (AvgIpc) is 2.53. The van der Waals surface area contributed by atoms with Gasteiger partial charge >= 0.3 is 11.9 Å². The number of aliphatic hydroxyl groups is 1. The van der Waals surface area contributed by atoms with Gasteiger partial charge in [0.25, 0.3) is 0 Å². The van der Waals surface area contributed by atoms with E-state index in [2.05, 4.69) is 0 Å². The second kappa shape index (κ2) is 7.78. The van der Waals surface area contributed by atoms with E-state index >= 15 is 0 Å². The van der Waals surface area contributed by atoms with Crippen LogP contribution in [0.2, 0.25) is 0 Å². The second-order valence-corrected chi connectivity index (χ2v) is 6.44. The highest BCUT2D eigenvalue weighted by atomic mass is 16.6. The number of carboxylic acid groups (broad SMARTS) is 1. The zero-order valence-electron chi connectivity index (χ0n) is 12.5. The predicted molar refractivity (Wildman–Crippen MR) is 76.6 cm³/mol. The monoisotopic (exact) mass is 298 g/mol. The smallest absolute Gasteiger partial charge is 0.309 e. The van der Waals surface area contributed by atoms with Gasteiger partial charge in [-0.15, -0.1) is 0 Å². The molecule has 0 aliphatic heterocycles. The van der Waals surface area contributed by atoms with E-state index in [0.717, 1.165) is 25.7 Å². The van der Waals surface area contributed by atoms with Gasteiger partial charge in [0.05, 0.1) is 18.4 Å². The first-order chi connectivity index (χ1) is 10.1. The van der Waals surface area contributed by atoms with Gasteiger partial charge < -0.3 is 14.9 Å². The number of aliphatic hydroxyl groups excluding tert-OH is 1. The van der Waals surface area contributed by atoms with E-state index in [-0.39, 0.29) is 36.4 Å².